The highest BCUT2D eigenvalue weighted by atomic mass is 19.1. The molecule has 1 unspecified atom stereocenters. The molecule has 0 amide bonds. The zero-order valence-corrected chi connectivity index (χ0v) is 12.3. The largest absolute Gasteiger partial charge is 0.301 e. The van der Waals surface area contributed by atoms with Crippen molar-refractivity contribution in [2.45, 2.75) is 26.3 Å². The van der Waals surface area contributed by atoms with Crippen LogP contribution < -0.4 is 0 Å². The molecule has 0 saturated carbocycles. The second-order valence-corrected chi connectivity index (χ2v) is 5.96. The Bertz CT molecular complexity index is 648. The van der Waals surface area contributed by atoms with Gasteiger partial charge in [-0.25, -0.2) is 4.39 Å². The number of halogens is 1. The summed E-state index contributed by atoms with van der Waals surface area (Å²) in [5.74, 6) is 0.214. The number of fused-ring (bicyclic) bond motifs is 1. The minimum atomic E-state index is -0.123. The molecule has 2 heteroatoms. The molecule has 104 valence electrons. The molecule has 1 aliphatic heterocycles. The van der Waals surface area contributed by atoms with E-state index in [9.17, 15) is 4.39 Å². The molecule has 1 heterocycles. The van der Waals surface area contributed by atoms with Crippen molar-refractivity contribution in [1.29, 1.82) is 0 Å². The summed E-state index contributed by atoms with van der Waals surface area (Å²) in [5.41, 5.74) is 6.02. The molecule has 0 aliphatic carbocycles. The Labute approximate surface area is 120 Å². The van der Waals surface area contributed by atoms with Gasteiger partial charge in [0, 0.05) is 19.0 Å². The molecule has 0 bridgehead atoms. The lowest BCUT2D eigenvalue weighted by Crippen LogP contribution is -2.31. The maximum atomic E-state index is 13.5. The second kappa shape index (κ2) is 5.02. The molecule has 3 rings (SSSR count). The highest BCUT2D eigenvalue weighted by molar-refractivity contribution is 5.43. The predicted octanol–water partition coefficient (Wildman–Crippen LogP) is 4.02. The highest BCUT2D eigenvalue weighted by Gasteiger charge is 2.25. The molecule has 0 N–H and O–H groups in total. The SMILES string of the molecule is Cc1ccc2c(c1)CN(C)CC2c1ccc(F)c(C)c1. The average Bonchev–Trinajstić information content (AvgIpc) is 2.40. The summed E-state index contributed by atoms with van der Waals surface area (Å²) in [6, 6.07) is 12.2. The lowest BCUT2D eigenvalue weighted by atomic mass is 9.84. The zero-order valence-electron chi connectivity index (χ0n) is 12.3. The van der Waals surface area contributed by atoms with E-state index in [-0.39, 0.29) is 5.82 Å². The van der Waals surface area contributed by atoms with E-state index in [2.05, 4.69) is 37.1 Å². The third kappa shape index (κ3) is 2.36. The smallest absolute Gasteiger partial charge is 0.126 e. The first-order valence-electron chi connectivity index (χ1n) is 7.08. The molecule has 0 spiro atoms. The monoisotopic (exact) mass is 269 g/mol. The fourth-order valence-electron chi connectivity index (χ4n) is 3.15. The van der Waals surface area contributed by atoms with Gasteiger partial charge >= 0.3 is 0 Å². The highest BCUT2D eigenvalue weighted by Crippen LogP contribution is 2.34. The molecule has 0 saturated heterocycles. The summed E-state index contributed by atoms with van der Waals surface area (Å²) < 4.78 is 13.5. The van der Waals surface area contributed by atoms with Crippen molar-refractivity contribution in [2.75, 3.05) is 13.6 Å². The first kappa shape index (κ1) is 13.3. The van der Waals surface area contributed by atoms with E-state index < -0.39 is 0 Å². The number of benzene rings is 2. The Balaban J connectivity index is 2.08. The Morgan fingerprint density at radius 1 is 1.10 bits per heavy atom. The molecular weight excluding hydrogens is 249 g/mol. The van der Waals surface area contributed by atoms with Crippen LogP contribution in [0.1, 0.15) is 33.7 Å². The summed E-state index contributed by atoms with van der Waals surface area (Å²) in [5, 5.41) is 0. The maximum absolute atomic E-state index is 13.5. The van der Waals surface area contributed by atoms with Gasteiger partial charge in [0.15, 0.2) is 0 Å². The average molecular weight is 269 g/mol. The number of rotatable bonds is 1. The summed E-state index contributed by atoms with van der Waals surface area (Å²) in [6.45, 7) is 5.95. The topological polar surface area (TPSA) is 3.24 Å². The van der Waals surface area contributed by atoms with E-state index in [0.717, 1.165) is 18.7 Å². The standard InChI is InChI=1S/C18H20FN/c1-12-4-6-16-15(8-12)10-20(3)11-17(16)14-5-7-18(19)13(2)9-14/h4-9,17H,10-11H2,1-3H3. The Kier molecular flexibility index (Phi) is 3.35. The third-order valence-electron chi connectivity index (χ3n) is 4.19. The summed E-state index contributed by atoms with van der Waals surface area (Å²) in [4.78, 5) is 2.34. The van der Waals surface area contributed by atoms with Crippen LogP contribution in [0.3, 0.4) is 0 Å². The van der Waals surface area contributed by atoms with Gasteiger partial charge in [-0.15, -0.1) is 0 Å². The van der Waals surface area contributed by atoms with E-state index >= 15 is 0 Å². The van der Waals surface area contributed by atoms with E-state index in [0.29, 0.717) is 5.92 Å². The maximum Gasteiger partial charge on any atom is 0.126 e. The van der Waals surface area contributed by atoms with Crippen LogP contribution in [0.15, 0.2) is 36.4 Å². The molecular formula is C18H20FN. The number of hydrogen-bond acceptors (Lipinski definition) is 1. The first-order chi connectivity index (χ1) is 9.54. The molecule has 0 fully saturated rings. The third-order valence-corrected chi connectivity index (χ3v) is 4.19. The number of aryl methyl sites for hydroxylation is 2. The van der Waals surface area contributed by atoms with Crippen LogP contribution in [0, 0.1) is 19.7 Å². The molecule has 20 heavy (non-hydrogen) atoms. The molecule has 2 aromatic carbocycles. The van der Waals surface area contributed by atoms with Crippen LogP contribution in [-0.4, -0.2) is 18.5 Å². The van der Waals surface area contributed by atoms with Gasteiger partial charge in [-0.1, -0.05) is 35.9 Å². The van der Waals surface area contributed by atoms with Gasteiger partial charge in [0.1, 0.15) is 5.82 Å². The van der Waals surface area contributed by atoms with E-state index in [1.807, 2.05) is 19.1 Å². The van der Waals surface area contributed by atoms with Crippen molar-refractivity contribution in [2.24, 2.45) is 0 Å². The summed E-state index contributed by atoms with van der Waals surface area (Å²) in [7, 11) is 2.15. The molecule has 0 radical (unpaired) electrons. The van der Waals surface area contributed by atoms with Crippen molar-refractivity contribution in [1.82, 2.24) is 4.90 Å². The predicted molar refractivity (Wildman–Crippen MR) is 80.5 cm³/mol. The van der Waals surface area contributed by atoms with Gasteiger partial charge in [0.25, 0.3) is 0 Å². The van der Waals surface area contributed by atoms with Gasteiger partial charge in [0.05, 0.1) is 0 Å². The fraction of sp³-hybridized carbons (Fsp3) is 0.333. The Morgan fingerprint density at radius 2 is 1.90 bits per heavy atom. The van der Waals surface area contributed by atoms with Gasteiger partial charge in [-0.3, -0.25) is 0 Å². The fourth-order valence-corrected chi connectivity index (χ4v) is 3.15. The number of nitrogens with zero attached hydrogens (tertiary/aromatic N) is 1. The summed E-state index contributed by atoms with van der Waals surface area (Å²) in [6.07, 6.45) is 0. The van der Waals surface area contributed by atoms with Gasteiger partial charge in [-0.2, -0.15) is 0 Å². The van der Waals surface area contributed by atoms with Crippen molar-refractivity contribution in [3.8, 4) is 0 Å². The minimum absolute atomic E-state index is 0.123. The molecule has 0 aromatic heterocycles. The second-order valence-electron chi connectivity index (χ2n) is 5.96. The Hall–Kier alpha value is -1.67. The first-order valence-corrected chi connectivity index (χ1v) is 7.08. The van der Waals surface area contributed by atoms with E-state index in [1.54, 1.807) is 6.07 Å². The van der Waals surface area contributed by atoms with Crippen LogP contribution in [0.25, 0.3) is 0 Å². The van der Waals surface area contributed by atoms with Crippen LogP contribution in [-0.2, 0) is 6.54 Å². The molecule has 1 nitrogen and oxygen atoms in total. The van der Waals surface area contributed by atoms with Gasteiger partial charge < -0.3 is 4.90 Å². The van der Waals surface area contributed by atoms with Crippen molar-refractivity contribution in [3.05, 3.63) is 70.0 Å². The van der Waals surface area contributed by atoms with E-state index in [4.69, 9.17) is 0 Å². The van der Waals surface area contributed by atoms with Crippen LogP contribution in [0.5, 0.6) is 0 Å². The van der Waals surface area contributed by atoms with Crippen LogP contribution in [0.2, 0.25) is 0 Å². The molecule has 1 aliphatic rings. The quantitative estimate of drug-likeness (QED) is 0.756. The van der Waals surface area contributed by atoms with Crippen LogP contribution >= 0.6 is 0 Å². The number of likely N-dealkylation sites (N-methyl/N-ethyl adjacent to an activating group) is 1. The van der Waals surface area contributed by atoms with E-state index in [1.165, 1.54) is 22.3 Å². The van der Waals surface area contributed by atoms with Crippen LogP contribution in [0.4, 0.5) is 4.39 Å². The van der Waals surface area contributed by atoms with Crippen molar-refractivity contribution >= 4 is 0 Å². The lowest BCUT2D eigenvalue weighted by molar-refractivity contribution is 0.295. The number of hydrogen-bond donors (Lipinski definition) is 0. The van der Waals surface area contributed by atoms with Gasteiger partial charge in [0.2, 0.25) is 0 Å². The minimum Gasteiger partial charge on any atom is -0.301 e. The lowest BCUT2D eigenvalue weighted by Gasteiger charge is -2.33. The molecule has 1 atom stereocenters. The molecule has 2 aromatic rings. The van der Waals surface area contributed by atoms with Gasteiger partial charge in [-0.05, 0) is 49.2 Å². The van der Waals surface area contributed by atoms with Crippen molar-refractivity contribution in [3.63, 3.8) is 0 Å². The Morgan fingerprint density at radius 3 is 2.65 bits per heavy atom. The van der Waals surface area contributed by atoms with Crippen molar-refractivity contribution < 1.29 is 4.39 Å². The normalized spacial score (nSPS) is 18.9. The summed E-state index contributed by atoms with van der Waals surface area (Å²) >= 11 is 0. The zero-order chi connectivity index (χ0) is 14.3.